The molecule has 3 rings (SSSR count). The molecule has 3 atom stereocenters. The van der Waals surface area contributed by atoms with Crippen molar-refractivity contribution in [3.8, 4) is 0 Å². The van der Waals surface area contributed by atoms with E-state index in [4.69, 9.17) is 0 Å². The Balaban J connectivity index is 1.75. The van der Waals surface area contributed by atoms with Gasteiger partial charge in [-0.25, -0.2) is 0 Å². The van der Waals surface area contributed by atoms with Crippen molar-refractivity contribution in [2.75, 3.05) is 13.1 Å². The van der Waals surface area contributed by atoms with Crippen molar-refractivity contribution in [1.29, 1.82) is 0 Å². The van der Waals surface area contributed by atoms with Crippen molar-refractivity contribution >= 4 is 0 Å². The fraction of sp³-hybridized carbons (Fsp3) is 0.368. The molecule has 0 radical (unpaired) electrons. The minimum atomic E-state index is -0.268. The van der Waals surface area contributed by atoms with Gasteiger partial charge < -0.3 is 5.11 Å². The highest BCUT2D eigenvalue weighted by molar-refractivity contribution is 5.23. The summed E-state index contributed by atoms with van der Waals surface area (Å²) in [6, 6.07) is 21.2. The van der Waals surface area contributed by atoms with Gasteiger partial charge in [-0.2, -0.15) is 0 Å². The van der Waals surface area contributed by atoms with Crippen LogP contribution in [-0.2, 0) is 6.54 Å². The Morgan fingerprint density at radius 2 is 1.62 bits per heavy atom. The second-order valence-electron chi connectivity index (χ2n) is 6.10. The zero-order valence-corrected chi connectivity index (χ0v) is 12.5. The van der Waals surface area contributed by atoms with Gasteiger partial charge in [0.2, 0.25) is 0 Å². The minimum absolute atomic E-state index is 0.268. The first kappa shape index (κ1) is 14.3. The quantitative estimate of drug-likeness (QED) is 0.929. The summed E-state index contributed by atoms with van der Waals surface area (Å²) in [5.41, 5.74) is 2.69. The molecule has 2 nitrogen and oxygen atoms in total. The van der Waals surface area contributed by atoms with Crippen molar-refractivity contribution in [2.24, 2.45) is 5.92 Å². The van der Waals surface area contributed by atoms with Gasteiger partial charge in [0.15, 0.2) is 0 Å². The number of likely N-dealkylation sites (tertiary alicyclic amines) is 1. The fourth-order valence-corrected chi connectivity index (χ4v) is 3.43. The number of nitrogens with zero attached hydrogens (tertiary/aromatic N) is 1. The molecule has 2 aromatic carbocycles. The standard InChI is InChI=1S/C19H23NO/c1-15(21)18-13-20(12-16-8-4-2-5-9-16)14-19(18)17-10-6-3-7-11-17/h2-11,15,18-19,21H,12-14H2,1H3. The summed E-state index contributed by atoms with van der Waals surface area (Å²) in [5.74, 6) is 0.742. The normalized spacial score (nSPS) is 24.1. The largest absolute Gasteiger partial charge is 0.393 e. The summed E-state index contributed by atoms with van der Waals surface area (Å²) in [4.78, 5) is 2.46. The number of hydrogen-bond acceptors (Lipinski definition) is 2. The smallest absolute Gasteiger partial charge is 0.0558 e. The van der Waals surface area contributed by atoms with Crippen molar-refractivity contribution in [3.63, 3.8) is 0 Å². The minimum Gasteiger partial charge on any atom is -0.393 e. The van der Waals surface area contributed by atoms with Crippen LogP contribution in [0.2, 0.25) is 0 Å². The van der Waals surface area contributed by atoms with Crippen LogP contribution in [0.5, 0.6) is 0 Å². The predicted molar refractivity (Wildman–Crippen MR) is 86.1 cm³/mol. The number of aliphatic hydroxyl groups excluding tert-OH is 1. The Bertz CT molecular complexity index is 552. The monoisotopic (exact) mass is 281 g/mol. The lowest BCUT2D eigenvalue weighted by atomic mass is 9.86. The number of hydrogen-bond donors (Lipinski definition) is 1. The Morgan fingerprint density at radius 1 is 1.00 bits per heavy atom. The molecule has 1 N–H and O–H groups in total. The average molecular weight is 281 g/mol. The van der Waals surface area contributed by atoms with E-state index in [1.165, 1.54) is 11.1 Å². The maximum Gasteiger partial charge on any atom is 0.0558 e. The SMILES string of the molecule is CC(O)C1CN(Cc2ccccc2)CC1c1ccccc1. The topological polar surface area (TPSA) is 23.5 Å². The maximum absolute atomic E-state index is 10.1. The van der Waals surface area contributed by atoms with Crippen LogP contribution in [0.15, 0.2) is 60.7 Å². The molecule has 21 heavy (non-hydrogen) atoms. The van der Waals surface area contributed by atoms with Crippen LogP contribution in [0, 0.1) is 5.92 Å². The van der Waals surface area contributed by atoms with Crippen molar-refractivity contribution < 1.29 is 5.11 Å². The third kappa shape index (κ3) is 3.34. The second kappa shape index (κ2) is 6.42. The second-order valence-corrected chi connectivity index (χ2v) is 6.10. The van der Waals surface area contributed by atoms with Crippen LogP contribution in [-0.4, -0.2) is 29.2 Å². The van der Waals surface area contributed by atoms with Gasteiger partial charge in [-0.1, -0.05) is 60.7 Å². The molecular formula is C19H23NO. The molecule has 1 fully saturated rings. The molecule has 1 saturated heterocycles. The molecule has 0 spiro atoms. The van der Waals surface area contributed by atoms with E-state index in [2.05, 4.69) is 65.6 Å². The molecular weight excluding hydrogens is 258 g/mol. The van der Waals surface area contributed by atoms with E-state index in [-0.39, 0.29) is 6.10 Å². The first-order valence-electron chi connectivity index (χ1n) is 7.73. The molecule has 3 unspecified atom stereocenters. The first-order chi connectivity index (χ1) is 10.2. The van der Waals surface area contributed by atoms with Crippen LogP contribution in [0.1, 0.15) is 24.0 Å². The third-order valence-corrected chi connectivity index (χ3v) is 4.54. The van der Waals surface area contributed by atoms with Gasteiger partial charge in [0, 0.05) is 31.5 Å². The van der Waals surface area contributed by atoms with Crippen molar-refractivity contribution in [2.45, 2.75) is 25.5 Å². The van der Waals surface area contributed by atoms with Crippen LogP contribution in [0.3, 0.4) is 0 Å². The van der Waals surface area contributed by atoms with Gasteiger partial charge in [0.1, 0.15) is 0 Å². The molecule has 0 amide bonds. The molecule has 0 saturated carbocycles. The molecule has 1 aliphatic heterocycles. The maximum atomic E-state index is 10.1. The Morgan fingerprint density at radius 3 is 2.24 bits per heavy atom. The van der Waals surface area contributed by atoms with Gasteiger partial charge >= 0.3 is 0 Å². The lowest BCUT2D eigenvalue weighted by molar-refractivity contribution is 0.120. The van der Waals surface area contributed by atoms with Crippen LogP contribution < -0.4 is 0 Å². The first-order valence-corrected chi connectivity index (χ1v) is 7.73. The molecule has 0 aromatic heterocycles. The zero-order chi connectivity index (χ0) is 14.7. The molecule has 110 valence electrons. The van der Waals surface area contributed by atoms with E-state index in [9.17, 15) is 5.11 Å². The summed E-state index contributed by atoms with van der Waals surface area (Å²) < 4.78 is 0. The molecule has 1 heterocycles. The highest BCUT2D eigenvalue weighted by Gasteiger charge is 2.36. The lowest BCUT2D eigenvalue weighted by Crippen LogP contribution is -2.25. The summed E-state index contributed by atoms with van der Waals surface area (Å²) in [6.45, 7) is 4.88. The van der Waals surface area contributed by atoms with Gasteiger partial charge in [0.25, 0.3) is 0 Å². The summed E-state index contributed by atoms with van der Waals surface area (Å²) in [7, 11) is 0. The van der Waals surface area contributed by atoms with Crippen molar-refractivity contribution in [1.82, 2.24) is 4.90 Å². The van der Waals surface area contributed by atoms with Crippen LogP contribution in [0.25, 0.3) is 0 Å². The molecule has 0 aliphatic carbocycles. The van der Waals surface area contributed by atoms with Crippen molar-refractivity contribution in [3.05, 3.63) is 71.8 Å². The lowest BCUT2D eigenvalue weighted by Gasteiger charge is -2.21. The molecule has 2 aromatic rings. The fourth-order valence-electron chi connectivity index (χ4n) is 3.43. The van der Waals surface area contributed by atoms with Crippen LogP contribution in [0.4, 0.5) is 0 Å². The molecule has 2 heteroatoms. The van der Waals surface area contributed by atoms with E-state index < -0.39 is 0 Å². The number of aliphatic hydroxyl groups is 1. The average Bonchev–Trinajstić information content (AvgIpc) is 2.93. The summed E-state index contributed by atoms with van der Waals surface area (Å²) in [5, 5.41) is 10.1. The Kier molecular flexibility index (Phi) is 4.37. The Labute approximate surface area is 127 Å². The van der Waals surface area contributed by atoms with E-state index in [1.54, 1.807) is 0 Å². The molecule has 0 bridgehead atoms. The van der Waals surface area contributed by atoms with Gasteiger partial charge in [-0.15, -0.1) is 0 Å². The summed E-state index contributed by atoms with van der Waals surface area (Å²) in [6.07, 6.45) is -0.268. The zero-order valence-electron chi connectivity index (χ0n) is 12.5. The highest BCUT2D eigenvalue weighted by Crippen LogP contribution is 2.35. The number of rotatable bonds is 4. The molecule has 1 aliphatic rings. The van der Waals surface area contributed by atoms with Gasteiger partial charge in [-0.05, 0) is 18.1 Å². The van der Waals surface area contributed by atoms with E-state index in [0.717, 1.165) is 19.6 Å². The van der Waals surface area contributed by atoms with Crippen LogP contribution >= 0.6 is 0 Å². The number of benzene rings is 2. The van der Waals surface area contributed by atoms with E-state index >= 15 is 0 Å². The third-order valence-electron chi connectivity index (χ3n) is 4.54. The van der Waals surface area contributed by atoms with Gasteiger partial charge in [-0.3, -0.25) is 4.90 Å². The highest BCUT2D eigenvalue weighted by atomic mass is 16.3. The van der Waals surface area contributed by atoms with E-state index in [1.807, 2.05) is 6.92 Å². The summed E-state index contributed by atoms with van der Waals surface area (Å²) >= 11 is 0. The van der Waals surface area contributed by atoms with E-state index in [0.29, 0.717) is 11.8 Å². The Hall–Kier alpha value is -1.64. The van der Waals surface area contributed by atoms with Gasteiger partial charge in [0.05, 0.1) is 6.10 Å². The predicted octanol–water partition coefficient (Wildman–Crippen LogP) is 3.28.